The predicted octanol–water partition coefficient (Wildman–Crippen LogP) is 5.10. The summed E-state index contributed by atoms with van der Waals surface area (Å²) in [4.78, 5) is 14.5. The number of nitrogens with zero attached hydrogens (tertiary/aromatic N) is 1. The van der Waals surface area contributed by atoms with Crippen LogP contribution in [0.1, 0.15) is 49.2 Å². The molecule has 140 valence electrons. The zero-order chi connectivity index (χ0) is 18.4. The third-order valence-electron chi connectivity index (χ3n) is 4.73. The maximum Gasteiger partial charge on any atom is 0.304 e. The first-order valence-corrected chi connectivity index (χ1v) is 10.2. The van der Waals surface area contributed by atoms with Gasteiger partial charge in [0, 0.05) is 23.2 Å². The minimum absolute atomic E-state index is 0.135. The van der Waals surface area contributed by atoms with E-state index in [9.17, 15) is 4.79 Å². The lowest BCUT2D eigenvalue weighted by molar-refractivity contribution is -0.137. The number of carbonyl (C=O) groups is 1. The molecule has 1 saturated carbocycles. The minimum Gasteiger partial charge on any atom is -0.481 e. The summed E-state index contributed by atoms with van der Waals surface area (Å²) in [7, 11) is 0. The molecule has 2 aromatic rings. The van der Waals surface area contributed by atoms with Crippen molar-refractivity contribution < 1.29 is 14.3 Å². The second kappa shape index (κ2) is 9.28. The smallest absolute Gasteiger partial charge is 0.304 e. The molecular formula is C21H27NO3S. The van der Waals surface area contributed by atoms with E-state index < -0.39 is 5.97 Å². The van der Waals surface area contributed by atoms with Crippen molar-refractivity contribution in [3.8, 4) is 0 Å². The highest BCUT2D eigenvalue weighted by Gasteiger charge is 2.17. The lowest BCUT2D eigenvalue weighted by Gasteiger charge is -2.21. The molecule has 1 aliphatic carbocycles. The molecule has 1 fully saturated rings. The van der Waals surface area contributed by atoms with Crippen LogP contribution in [-0.2, 0) is 17.9 Å². The summed E-state index contributed by atoms with van der Waals surface area (Å²) in [6.07, 6.45) is 5.47. The maximum absolute atomic E-state index is 11.0. The molecule has 1 aromatic carbocycles. The van der Waals surface area contributed by atoms with Crippen molar-refractivity contribution in [1.82, 2.24) is 4.90 Å². The number of thioether (sulfide) groups is 1. The fourth-order valence-corrected chi connectivity index (χ4v) is 4.76. The summed E-state index contributed by atoms with van der Waals surface area (Å²) in [5, 5.41) is 9.80. The van der Waals surface area contributed by atoms with Gasteiger partial charge in [0.25, 0.3) is 0 Å². The van der Waals surface area contributed by atoms with Crippen LogP contribution in [0.25, 0.3) is 0 Å². The van der Waals surface area contributed by atoms with Crippen molar-refractivity contribution in [1.29, 1.82) is 0 Å². The Labute approximate surface area is 159 Å². The molecule has 0 spiro atoms. The Morgan fingerprint density at radius 2 is 2.04 bits per heavy atom. The average molecular weight is 374 g/mol. The van der Waals surface area contributed by atoms with Gasteiger partial charge in [0.15, 0.2) is 0 Å². The van der Waals surface area contributed by atoms with Crippen molar-refractivity contribution in [2.75, 3.05) is 6.54 Å². The lowest BCUT2D eigenvalue weighted by atomic mass is 10.2. The van der Waals surface area contributed by atoms with E-state index >= 15 is 0 Å². The second-order valence-corrected chi connectivity index (χ2v) is 8.41. The third-order valence-corrected chi connectivity index (χ3v) is 6.06. The van der Waals surface area contributed by atoms with Crippen molar-refractivity contribution in [3.05, 3.63) is 53.5 Å². The molecule has 1 aliphatic rings. The van der Waals surface area contributed by atoms with Gasteiger partial charge in [-0.25, -0.2) is 0 Å². The van der Waals surface area contributed by atoms with Crippen LogP contribution in [0.3, 0.4) is 0 Å². The standard InChI is InChI=1S/C21H27NO3S/c1-16-9-10-18(25-16)15-22(12-11-21(23)24)14-17-5-4-8-20(13-17)26-19-6-2-3-7-19/h4-5,8-10,13,19H,2-3,6-7,11-12,14-15H2,1H3,(H,23,24). The minimum atomic E-state index is -0.767. The molecule has 3 rings (SSSR count). The molecule has 26 heavy (non-hydrogen) atoms. The lowest BCUT2D eigenvalue weighted by Crippen LogP contribution is -2.25. The normalized spacial score (nSPS) is 15.0. The number of hydrogen-bond acceptors (Lipinski definition) is 4. The summed E-state index contributed by atoms with van der Waals surface area (Å²) in [5.74, 6) is 0.994. The largest absolute Gasteiger partial charge is 0.481 e. The third kappa shape index (κ3) is 5.92. The first kappa shape index (κ1) is 19.1. The van der Waals surface area contributed by atoms with E-state index in [-0.39, 0.29) is 6.42 Å². The van der Waals surface area contributed by atoms with E-state index in [0.717, 1.165) is 23.3 Å². The Bertz CT molecular complexity index is 722. The fourth-order valence-electron chi connectivity index (χ4n) is 3.43. The monoisotopic (exact) mass is 373 g/mol. The zero-order valence-electron chi connectivity index (χ0n) is 15.3. The molecule has 1 heterocycles. The molecule has 1 N–H and O–H groups in total. The van der Waals surface area contributed by atoms with E-state index in [4.69, 9.17) is 9.52 Å². The van der Waals surface area contributed by atoms with Crippen LogP contribution in [0.5, 0.6) is 0 Å². The number of benzene rings is 1. The Balaban J connectivity index is 1.65. The number of aliphatic carboxylic acids is 1. The summed E-state index contributed by atoms with van der Waals surface area (Å²) in [6.45, 7) is 3.79. The number of aryl methyl sites for hydroxylation is 1. The van der Waals surface area contributed by atoms with Crippen molar-refractivity contribution in [3.63, 3.8) is 0 Å². The molecule has 1 aromatic heterocycles. The Kier molecular flexibility index (Phi) is 6.80. The average Bonchev–Trinajstić information content (AvgIpc) is 3.25. The number of carboxylic acid groups (broad SMARTS) is 1. The molecule has 0 atom stereocenters. The SMILES string of the molecule is Cc1ccc(CN(CCC(=O)O)Cc2cccc(SC3CCCC3)c2)o1. The molecule has 0 radical (unpaired) electrons. The van der Waals surface area contributed by atoms with E-state index in [1.54, 1.807) is 0 Å². The number of rotatable bonds is 9. The zero-order valence-corrected chi connectivity index (χ0v) is 16.1. The van der Waals surface area contributed by atoms with Crippen LogP contribution in [0.4, 0.5) is 0 Å². The van der Waals surface area contributed by atoms with Crippen LogP contribution in [-0.4, -0.2) is 27.8 Å². The van der Waals surface area contributed by atoms with Crippen molar-refractivity contribution >= 4 is 17.7 Å². The Morgan fingerprint density at radius 3 is 2.73 bits per heavy atom. The fraction of sp³-hybridized carbons (Fsp3) is 0.476. The number of carboxylic acids is 1. The second-order valence-electron chi connectivity index (χ2n) is 7.04. The Hall–Kier alpha value is -1.72. The van der Waals surface area contributed by atoms with Gasteiger partial charge in [-0.1, -0.05) is 25.0 Å². The molecule has 0 aliphatic heterocycles. The molecule has 0 bridgehead atoms. The predicted molar refractivity (Wildman–Crippen MR) is 104 cm³/mol. The first-order valence-electron chi connectivity index (χ1n) is 9.33. The summed E-state index contributed by atoms with van der Waals surface area (Å²) in [6, 6.07) is 12.6. The van der Waals surface area contributed by atoms with Gasteiger partial charge in [-0.3, -0.25) is 9.69 Å². The van der Waals surface area contributed by atoms with Crippen LogP contribution < -0.4 is 0 Å². The van der Waals surface area contributed by atoms with Gasteiger partial charge in [0.05, 0.1) is 13.0 Å². The Morgan fingerprint density at radius 1 is 1.23 bits per heavy atom. The molecule has 0 unspecified atom stereocenters. The van der Waals surface area contributed by atoms with Crippen molar-refractivity contribution in [2.45, 2.75) is 62.3 Å². The van der Waals surface area contributed by atoms with E-state index in [1.165, 1.54) is 36.1 Å². The van der Waals surface area contributed by atoms with Crippen LogP contribution in [0, 0.1) is 6.92 Å². The first-order chi connectivity index (χ1) is 12.6. The summed E-state index contributed by atoms with van der Waals surface area (Å²) < 4.78 is 5.68. The van der Waals surface area contributed by atoms with Gasteiger partial charge >= 0.3 is 5.97 Å². The van der Waals surface area contributed by atoms with Gasteiger partial charge in [-0.15, -0.1) is 11.8 Å². The van der Waals surface area contributed by atoms with Gasteiger partial charge in [-0.2, -0.15) is 0 Å². The maximum atomic E-state index is 11.0. The number of hydrogen-bond donors (Lipinski definition) is 1. The highest BCUT2D eigenvalue weighted by molar-refractivity contribution is 8.00. The van der Waals surface area contributed by atoms with E-state index in [0.29, 0.717) is 13.1 Å². The highest BCUT2D eigenvalue weighted by Crippen LogP contribution is 2.35. The van der Waals surface area contributed by atoms with Crippen molar-refractivity contribution in [2.24, 2.45) is 0 Å². The molecule has 0 saturated heterocycles. The summed E-state index contributed by atoms with van der Waals surface area (Å²) >= 11 is 1.99. The summed E-state index contributed by atoms with van der Waals surface area (Å²) in [5.41, 5.74) is 1.22. The number of furan rings is 1. The van der Waals surface area contributed by atoms with Crippen LogP contribution in [0.15, 0.2) is 45.7 Å². The highest BCUT2D eigenvalue weighted by atomic mass is 32.2. The molecule has 0 amide bonds. The van der Waals surface area contributed by atoms with Crippen LogP contribution >= 0.6 is 11.8 Å². The van der Waals surface area contributed by atoms with Gasteiger partial charge in [-0.05, 0) is 49.6 Å². The van der Waals surface area contributed by atoms with E-state index in [1.807, 2.05) is 30.8 Å². The molecule has 4 nitrogen and oxygen atoms in total. The van der Waals surface area contributed by atoms with Gasteiger partial charge in [0.1, 0.15) is 11.5 Å². The molecular weight excluding hydrogens is 346 g/mol. The van der Waals surface area contributed by atoms with Crippen LogP contribution in [0.2, 0.25) is 0 Å². The van der Waals surface area contributed by atoms with E-state index in [2.05, 4.69) is 29.2 Å². The topological polar surface area (TPSA) is 53.7 Å². The van der Waals surface area contributed by atoms with Gasteiger partial charge < -0.3 is 9.52 Å². The molecule has 5 heteroatoms. The quantitative estimate of drug-likeness (QED) is 0.663. The van der Waals surface area contributed by atoms with Gasteiger partial charge in [0.2, 0.25) is 0 Å².